The number of nitrogens with one attached hydrogen (secondary N) is 1. The van der Waals surface area contributed by atoms with Crippen molar-refractivity contribution in [3.05, 3.63) is 34.6 Å². The summed E-state index contributed by atoms with van der Waals surface area (Å²) in [7, 11) is 0. The molecule has 0 aliphatic carbocycles. The maximum Gasteiger partial charge on any atom is 0.193 e. The van der Waals surface area contributed by atoms with Crippen LogP contribution in [-0.4, -0.2) is 15.2 Å². The van der Waals surface area contributed by atoms with Crippen molar-refractivity contribution in [1.29, 1.82) is 0 Å². The molecule has 2 rings (SSSR count). The van der Waals surface area contributed by atoms with E-state index in [4.69, 9.17) is 0 Å². The maximum absolute atomic E-state index is 11.3. The second-order valence-corrected chi connectivity index (χ2v) is 2.70. The second-order valence-electron chi connectivity index (χ2n) is 2.70. The Morgan fingerprint density at radius 3 is 2.46 bits per heavy atom. The molecule has 0 aliphatic rings. The summed E-state index contributed by atoms with van der Waals surface area (Å²) in [6.45, 7) is 0. The number of phenols is 2. The first-order valence-electron chi connectivity index (χ1n) is 3.72. The zero-order valence-corrected chi connectivity index (χ0v) is 6.61. The number of benzene rings is 1. The van der Waals surface area contributed by atoms with Gasteiger partial charge in [0.15, 0.2) is 5.43 Å². The van der Waals surface area contributed by atoms with Gasteiger partial charge in [-0.15, -0.1) is 0 Å². The van der Waals surface area contributed by atoms with E-state index in [1.807, 2.05) is 0 Å². The Morgan fingerprint density at radius 1 is 1.08 bits per heavy atom. The van der Waals surface area contributed by atoms with E-state index in [2.05, 4.69) is 4.98 Å². The van der Waals surface area contributed by atoms with Crippen LogP contribution >= 0.6 is 0 Å². The van der Waals surface area contributed by atoms with E-state index in [-0.39, 0.29) is 27.8 Å². The Hall–Kier alpha value is -1.97. The SMILES string of the molecule is O=c1cc[nH]c2c(O)ccc(O)c12. The van der Waals surface area contributed by atoms with Gasteiger partial charge in [-0.25, -0.2) is 0 Å². The van der Waals surface area contributed by atoms with Gasteiger partial charge in [-0.1, -0.05) is 0 Å². The lowest BCUT2D eigenvalue weighted by Crippen LogP contribution is -1.99. The number of fused-ring (bicyclic) bond motifs is 1. The van der Waals surface area contributed by atoms with Gasteiger partial charge in [-0.2, -0.15) is 0 Å². The lowest BCUT2D eigenvalue weighted by molar-refractivity contribution is 0.468. The van der Waals surface area contributed by atoms with Crippen molar-refractivity contribution in [2.75, 3.05) is 0 Å². The highest BCUT2D eigenvalue weighted by Gasteiger charge is 2.06. The molecule has 13 heavy (non-hydrogen) atoms. The monoisotopic (exact) mass is 177 g/mol. The number of aromatic nitrogens is 1. The minimum Gasteiger partial charge on any atom is -0.507 e. The molecule has 0 fully saturated rings. The molecule has 2 aromatic rings. The number of rotatable bonds is 0. The van der Waals surface area contributed by atoms with Crippen LogP contribution in [0.15, 0.2) is 29.2 Å². The van der Waals surface area contributed by atoms with Gasteiger partial charge in [-0.3, -0.25) is 4.79 Å². The van der Waals surface area contributed by atoms with E-state index >= 15 is 0 Å². The van der Waals surface area contributed by atoms with Crippen LogP contribution in [0.25, 0.3) is 10.9 Å². The molecule has 0 radical (unpaired) electrons. The first kappa shape index (κ1) is 7.67. The smallest absolute Gasteiger partial charge is 0.193 e. The van der Waals surface area contributed by atoms with Crippen molar-refractivity contribution >= 4 is 10.9 Å². The van der Waals surface area contributed by atoms with Gasteiger partial charge in [0.2, 0.25) is 0 Å². The summed E-state index contributed by atoms with van der Waals surface area (Å²) >= 11 is 0. The largest absolute Gasteiger partial charge is 0.507 e. The molecule has 0 spiro atoms. The molecule has 0 bridgehead atoms. The van der Waals surface area contributed by atoms with Crippen molar-refractivity contribution in [2.45, 2.75) is 0 Å². The Bertz CT molecular complexity index is 516. The van der Waals surface area contributed by atoms with Gasteiger partial charge in [0.1, 0.15) is 11.5 Å². The molecule has 0 unspecified atom stereocenters. The Labute approximate surface area is 73.1 Å². The van der Waals surface area contributed by atoms with Crippen LogP contribution in [0, 0.1) is 0 Å². The van der Waals surface area contributed by atoms with Gasteiger partial charge < -0.3 is 15.2 Å². The average molecular weight is 177 g/mol. The topological polar surface area (TPSA) is 73.3 Å². The highest BCUT2D eigenvalue weighted by Crippen LogP contribution is 2.26. The van der Waals surface area contributed by atoms with Crippen LogP contribution in [0.2, 0.25) is 0 Å². The third kappa shape index (κ3) is 1.03. The molecule has 0 aliphatic heterocycles. The third-order valence-corrected chi connectivity index (χ3v) is 1.87. The number of hydrogen-bond acceptors (Lipinski definition) is 3. The summed E-state index contributed by atoms with van der Waals surface area (Å²) in [5, 5.41) is 18.8. The quantitative estimate of drug-likeness (QED) is 0.524. The Morgan fingerprint density at radius 2 is 1.77 bits per heavy atom. The lowest BCUT2D eigenvalue weighted by Gasteiger charge is -2.01. The fraction of sp³-hybridized carbons (Fsp3) is 0. The Kier molecular flexibility index (Phi) is 1.48. The molecule has 0 saturated carbocycles. The van der Waals surface area contributed by atoms with Crippen molar-refractivity contribution in [3.8, 4) is 11.5 Å². The van der Waals surface area contributed by atoms with Crippen LogP contribution < -0.4 is 5.43 Å². The van der Waals surface area contributed by atoms with Gasteiger partial charge in [0, 0.05) is 12.3 Å². The minimum atomic E-state index is -0.317. The van der Waals surface area contributed by atoms with Crippen molar-refractivity contribution in [1.82, 2.24) is 4.98 Å². The molecule has 0 atom stereocenters. The molecule has 1 aromatic carbocycles. The highest BCUT2D eigenvalue weighted by atomic mass is 16.3. The molecule has 66 valence electrons. The van der Waals surface area contributed by atoms with Crippen LogP contribution in [0.3, 0.4) is 0 Å². The summed E-state index contributed by atoms with van der Waals surface area (Å²) < 4.78 is 0. The van der Waals surface area contributed by atoms with E-state index in [0.717, 1.165) is 0 Å². The van der Waals surface area contributed by atoms with E-state index in [9.17, 15) is 15.0 Å². The highest BCUT2D eigenvalue weighted by molar-refractivity contribution is 5.89. The third-order valence-electron chi connectivity index (χ3n) is 1.87. The standard InChI is InChI=1S/C9H7NO3/c11-5-1-2-7(13)9-8(5)6(12)3-4-10-9/h1-4,11,13H,(H,10,12). The maximum atomic E-state index is 11.3. The van der Waals surface area contributed by atoms with Gasteiger partial charge in [0.25, 0.3) is 0 Å². The number of hydrogen-bond donors (Lipinski definition) is 3. The lowest BCUT2D eigenvalue weighted by atomic mass is 10.2. The minimum absolute atomic E-state index is 0.0505. The number of phenolic OH excluding ortho intramolecular Hbond substituents is 2. The molecule has 4 nitrogen and oxygen atoms in total. The van der Waals surface area contributed by atoms with E-state index in [0.29, 0.717) is 0 Å². The van der Waals surface area contributed by atoms with Gasteiger partial charge in [-0.05, 0) is 12.1 Å². The summed E-state index contributed by atoms with van der Waals surface area (Å²) in [5.74, 6) is -0.180. The number of pyridine rings is 1. The molecule has 0 amide bonds. The first-order chi connectivity index (χ1) is 6.20. The van der Waals surface area contributed by atoms with E-state index in [1.54, 1.807) is 0 Å². The normalized spacial score (nSPS) is 10.5. The number of aromatic amines is 1. The summed E-state index contributed by atoms with van der Waals surface area (Å²) in [6.07, 6.45) is 1.42. The van der Waals surface area contributed by atoms with Crippen molar-refractivity contribution in [2.24, 2.45) is 0 Å². The molecular formula is C9H7NO3. The summed E-state index contributed by atoms with van der Waals surface area (Å²) in [5.41, 5.74) is -0.0605. The van der Waals surface area contributed by atoms with Crippen LogP contribution in [0.1, 0.15) is 0 Å². The predicted octanol–water partition coefficient (Wildman–Crippen LogP) is 0.939. The first-order valence-corrected chi connectivity index (χ1v) is 3.72. The van der Waals surface area contributed by atoms with Crippen molar-refractivity contribution < 1.29 is 10.2 Å². The Balaban J connectivity index is 3.09. The fourth-order valence-corrected chi connectivity index (χ4v) is 1.26. The van der Waals surface area contributed by atoms with E-state index in [1.165, 1.54) is 24.4 Å². The molecular weight excluding hydrogens is 170 g/mol. The summed E-state index contributed by atoms with van der Waals surface area (Å²) in [6, 6.07) is 3.90. The predicted molar refractivity (Wildman–Crippen MR) is 47.9 cm³/mol. The summed E-state index contributed by atoms with van der Waals surface area (Å²) in [4.78, 5) is 14.0. The van der Waals surface area contributed by atoms with Crippen LogP contribution in [0.5, 0.6) is 11.5 Å². The number of H-pyrrole nitrogens is 1. The molecule has 0 saturated heterocycles. The molecule has 1 heterocycles. The zero-order chi connectivity index (χ0) is 9.42. The average Bonchev–Trinajstić information content (AvgIpc) is 2.12. The fourth-order valence-electron chi connectivity index (χ4n) is 1.26. The number of aromatic hydroxyl groups is 2. The van der Waals surface area contributed by atoms with Crippen LogP contribution in [-0.2, 0) is 0 Å². The van der Waals surface area contributed by atoms with Crippen molar-refractivity contribution in [3.63, 3.8) is 0 Å². The zero-order valence-electron chi connectivity index (χ0n) is 6.61. The van der Waals surface area contributed by atoms with Crippen LogP contribution in [0.4, 0.5) is 0 Å². The van der Waals surface area contributed by atoms with Gasteiger partial charge in [0.05, 0.1) is 10.9 Å². The molecule has 4 heteroatoms. The van der Waals surface area contributed by atoms with Gasteiger partial charge >= 0.3 is 0 Å². The molecule has 1 aromatic heterocycles. The molecule has 3 N–H and O–H groups in total. The van der Waals surface area contributed by atoms with E-state index < -0.39 is 0 Å². The second kappa shape index (κ2) is 2.52.